The zero-order valence-corrected chi connectivity index (χ0v) is 13.6. The number of rotatable bonds is 6. The number of benzene rings is 1. The lowest BCUT2D eigenvalue weighted by Crippen LogP contribution is -2.20. The second-order valence-corrected chi connectivity index (χ2v) is 5.37. The fourth-order valence-electron chi connectivity index (χ4n) is 2.63. The van der Waals surface area contributed by atoms with E-state index < -0.39 is 12.1 Å². The van der Waals surface area contributed by atoms with Gasteiger partial charge < -0.3 is 14.4 Å². The molecular weight excluding hydrogens is 294 g/mol. The van der Waals surface area contributed by atoms with Crippen LogP contribution < -0.4 is 0 Å². The molecule has 1 N–H and O–H groups in total. The topological polar surface area (TPSA) is 68.5 Å². The van der Waals surface area contributed by atoms with Crippen molar-refractivity contribution in [2.24, 2.45) is 0 Å². The van der Waals surface area contributed by atoms with Gasteiger partial charge in [0.2, 0.25) is 5.78 Å². The van der Waals surface area contributed by atoms with Crippen molar-refractivity contribution < 1.29 is 19.4 Å². The highest BCUT2D eigenvalue weighted by atomic mass is 16.5. The van der Waals surface area contributed by atoms with Crippen LogP contribution in [0.2, 0.25) is 0 Å². The van der Waals surface area contributed by atoms with Crippen LogP contribution in [0.4, 0.5) is 0 Å². The SMILES string of the molecule is CCn1c(C)cc(C(=O)COC(=O)[C@@H](O)c2ccccc2)c1C. The van der Waals surface area contributed by atoms with E-state index in [9.17, 15) is 14.7 Å². The van der Waals surface area contributed by atoms with E-state index in [0.29, 0.717) is 11.1 Å². The van der Waals surface area contributed by atoms with Crippen LogP contribution in [0.5, 0.6) is 0 Å². The summed E-state index contributed by atoms with van der Waals surface area (Å²) >= 11 is 0. The molecule has 0 saturated carbocycles. The number of aliphatic hydroxyl groups is 1. The lowest BCUT2D eigenvalue weighted by Gasteiger charge is -2.10. The van der Waals surface area contributed by atoms with Crippen LogP contribution >= 0.6 is 0 Å². The molecule has 2 rings (SSSR count). The van der Waals surface area contributed by atoms with Gasteiger partial charge in [0.1, 0.15) is 0 Å². The molecule has 5 heteroatoms. The fraction of sp³-hybridized carbons (Fsp3) is 0.333. The van der Waals surface area contributed by atoms with Gasteiger partial charge in [-0.2, -0.15) is 0 Å². The zero-order chi connectivity index (χ0) is 17.0. The molecule has 1 atom stereocenters. The third-order valence-corrected chi connectivity index (χ3v) is 3.87. The molecule has 0 amide bonds. The highest BCUT2D eigenvalue weighted by Gasteiger charge is 2.21. The molecule has 1 heterocycles. The largest absolute Gasteiger partial charge is 0.455 e. The molecule has 0 radical (unpaired) electrons. The molecule has 23 heavy (non-hydrogen) atoms. The normalized spacial score (nSPS) is 12.0. The third kappa shape index (κ3) is 3.68. The molecule has 0 spiro atoms. The highest BCUT2D eigenvalue weighted by molar-refractivity contribution is 5.99. The monoisotopic (exact) mass is 315 g/mol. The number of aliphatic hydroxyl groups excluding tert-OH is 1. The van der Waals surface area contributed by atoms with E-state index in [4.69, 9.17) is 4.74 Å². The summed E-state index contributed by atoms with van der Waals surface area (Å²) in [7, 11) is 0. The van der Waals surface area contributed by atoms with Gasteiger partial charge in [0.05, 0.1) is 0 Å². The average molecular weight is 315 g/mol. The highest BCUT2D eigenvalue weighted by Crippen LogP contribution is 2.17. The van der Waals surface area contributed by atoms with Crippen LogP contribution in [-0.4, -0.2) is 28.0 Å². The Morgan fingerprint density at radius 2 is 1.87 bits per heavy atom. The number of carbonyl (C=O) groups is 2. The minimum atomic E-state index is -1.38. The Morgan fingerprint density at radius 3 is 2.43 bits per heavy atom. The Balaban J connectivity index is 2.00. The number of aromatic nitrogens is 1. The minimum absolute atomic E-state index is 0.272. The Morgan fingerprint density at radius 1 is 1.22 bits per heavy atom. The van der Waals surface area contributed by atoms with Gasteiger partial charge in [0.25, 0.3) is 0 Å². The number of hydrogen-bond acceptors (Lipinski definition) is 4. The van der Waals surface area contributed by atoms with Crippen LogP contribution in [0.3, 0.4) is 0 Å². The van der Waals surface area contributed by atoms with Crippen LogP contribution in [0, 0.1) is 13.8 Å². The van der Waals surface area contributed by atoms with Gasteiger partial charge in [-0.3, -0.25) is 4.79 Å². The predicted octanol–water partition coefficient (Wildman–Crippen LogP) is 2.58. The van der Waals surface area contributed by atoms with Crippen LogP contribution in [0.25, 0.3) is 0 Å². The summed E-state index contributed by atoms with van der Waals surface area (Å²) in [6.07, 6.45) is -1.38. The van der Waals surface area contributed by atoms with E-state index in [1.54, 1.807) is 36.4 Å². The summed E-state index contributed by atoms with van der Waals surface area (Å²) < 4.78 is 6.99. The molecule has 0 aliphatic carbocycles. The number of ketones is 1. The summed E-state index contributed by atoms with van der Waals surface area (Å²) in [5, 5.41) is 9.92. The lowest BCUT2D eigenvalue weighted by atomic mass is 10.1. The maximum absolute atomic E-state index is 12.2. The number of Topliss-reactive ketones (excluding diaryl/α,β-unsaturated/α-hetero) is 1. The lowest BCUT2D eigenvalue weighted by molar-refractivity contribution is -0.152. The van der Waals surface area contributed by atoms with Crippen molar-refractivity contribution in [1.82, 2.24) is 4.57 Å². The quantitative estimate of drug-likeness (QED) is 0.657. The van der Waals surface area contributed by atoms with Crippen LogP contribution in [0.15, 0.2) is 36.4 Å². The van der Waals surface area contributed by atoms with Gasteiger partial charge >= 0.3 is 5.97 Å². The average Bonchev–Trinajstić information content (AvgIpc) is 2.86. The third-order valence-electron chi connectivity index (χ3n) is 3.87. The second-order valence-electron chi connectivity index (χ2n) is 5.37. The number of aryl methyl sites for hydroxylation is 1. The molecule has 0 aliphatic heterocycles. The smallest absolute Gasteiger partial charge is 0.340 e. The summed E-state index contributed by atoms with van der Waals surface area (Å²) in [4.78, 5) is 24.1. The molecule has 2 aromatic rings. The Hall–Kier alpha value is -2.40. The molecule has 1 aromatic carbocycles. The Kier molecular flexibility index (Phi) is 5.34. The van der Waals surface area contributed by atoms with Crippen molar-refractivity contribution in [2.75, 3.05) is 6.61 Å². The second kappa shape index (κ2) is 7.24. The maximum atomic E-state index is 12.2. The minimum Gasteiger partial charge on any atom is -0.455 e. The van der Waals surface area contributed by atoms with Crippen molar-refractivity contribution in [1.29, 1.82) is 0 Å². The van der Waals surface area contributed by atoms with Crippen molar-refractivity contribution in [3.8, 4) is 0 Å². The molecule has 0 bridgehead atoms. The molecule has 0 fully saturated rings. The zero-order valence-electron chi connectivity index (χ0n) is 13.6. The van der Waals surface area contributed by atoms with Gasteiger partial charge in [-0.05, 0) is 32.4 Å². The molecule has 122 valence electrons. The Bertz CT molecular complexity index is 703. The van der Waals surface area contributed by atoms with E-state index >= 15 is 0 Å². The first kappa shape index (κ1) is 17.0. The van der Waals surface area contributed by atoms with Crippen molar-refractivity contribution in [3.05, 3.63) is 58.9 Å². The predicted molar refractivity (Wildman–Crippen MR) is 86.3 cm³/mol. The number of ether oxygens (including phenoxy) is 1. The van der Waals surface area contributed by atoms with Gasteiger partial charge in [-0.15, -0.1) is 0 Å². The molecular formula is C18H21NO4. The summed E-state index contributed by atoms with van der Waals surface area (Å²) in [6.45, 7) is 6.20. The first-order valence-corrected chi connectivity index (χ1v) is 7.55. The number of nitrogens with zero attached hydrogens (tertiary/aromatic N) is 1. The van der Waals surface area contributed by atoms with E-state index in [1.165, 1.54) is 0 Å². The van der Waals surface area contributed by atoms with Gasteiger partial charge in [-0.1, -0.05) is 30.3 Å². The van der Waals surface area contributed by atoms with Crippen LogP contribution in [0.1, 0.15) is 40.3 Å². The van der Waals surface area contributed by atoms with Gasteiger partial charge in [-0.25, -0.2) is 4.79 Å². The van der Waals surface area contributed by atoms with Crippen LogP contribution in [-0.2, 0) is 16.1 Å². The van der Waals surface area contributed by atoms with E-state index in [1.807, 2.05) is 25.3 Å². The van der Waals surface area contributed by atoms with Crippen molar-refractivity contribution >= 4 is 11.8 Å². The molecule has 5 nitrogen and oxygen atoms in total. The summed E-state index contributed by atoms with van der Waals surface area (Å²) in [5.41, 5.74) is 2.83. The molecule has 0 saturated heterocycles. The van der Waals surface area contributed by atoms with E-state index in [2.05, 4.69) is 0 Å². The van der Waals surface area contributed by atoms with Gasteiger partial charge in [0.15, 0.2) is 12.7 Å². The maximum Gasteiger partial charge on any atom is 0.340 e. The number of hydrogen-bond donors (Lipinski definition) is 1. The molecule has 0 aliphatic rings. The first-order chi connectivity index (χ1) is 11.0. The fourth-order valence-corrected chi connectivity index (χ4v) is 2.63. The summed E-state index contributed by atoms with van der Waals surface area (Å²) in [6, 6.07) is 10.3. The van der Waals surface area contributed by atoms with E-state index in [0.717, 1.165) is 17.9 Å². The summed E-state index contributed by atoms with van der Waals surface area (Å²) in [5.74, 6) is -1.10. The molecule has 1 aromatic heterocycles. The first-order valence-electron chi connectivity index (χ1n) is 7.55. The van der Waals surface area contributed by atoms with Crippen molar-refractivity contribution in [2.45, 2.75) is 33.4 Å². The van der Waals surface area contributed by atoms with E-state index in [-0.39, 0.29) is 12.4 Å². The number of esters is 1. The van der Waals surface area contributed by atoms with Crippen molar-refractivity contribution in [3.63, 3.8) is 0 Å². The van der Waals surface area contributed by atoms with Gasteiger partial charge in [0, 0.05) is 23.5 Å². The number of carbonyl (C=O) groups excluding carboxylic acids is 2. The standard InChI is InChI=1S/C18H21NO4/c1-4-19-12(2)10-15(13(19)3)16(20)11-23-18(22)17(21)14-8-6-5-7-9-14/h5-10,17,21H,4,11H2,1-3H3/t17-/m0/s1. The molecule has 0 unspecified atom stereocenters. The Labute approximate surface area is 135 Å².